The molecule has 0 saturated heterocycles. The molecule has 0 saturated carbocycles. The number of benzene rings is 1. The minimum Gasteiger partial charge on any atom is -0.461 e. The maximum absolute atomic E-state index is 11.2. The van der Waals surface area contributed by atoms with Crippen molar-refractivity contribution in [3.8, 4) is 11.3 Å². The summed E-state index contributed by atoms with van der Waals surface area (Å²) in [4.78, 5) is 21.5. The molecule has 0 radical (unpaired) electrons. The molecule has 20 heavy (non-hydrogen) atoms. The maximum atomic E-state index is 11.2. The van der Waals surface area contributed by atoms with E-state index in [2.05, 4.69) is 10.6 Å². The van der Waals surface area contributed by atoms with Crippen LogP contribution in [0.4, 0.5) is 10.5 Å². The van der Waals surface area contributed by atoms with Crippen LogP contribution in [0.5, 0.6) is 0 Å². The van der Waals surface area contributed by atoms with E-state index in [-0.39, 0.29) is 6.03 Å². The second-order valence-electron chi connectivity index (χ2n) is 4.25. The van der Waals surface area contributed by atoms with Crippen LogP contribution in [-0.2, 0) is 11.2 Å². The smallest absolute Gasteiger partial charge is 0.318 e. The van der Waals surface area contributed by atoms with Gasteiger partial charge in [0.25, 0.3) is 0 Å². The number of hydrogen-bond acceptors (Lipinski definition) is 3. The standard InChI is InChI=1S/C15H16N2O3/c1-16-15(19)17-12-6-4-11(5-7-12)14-9-8-13(20-14)3-2-10-18/h4-10H,2-3H2,1H3,(H2,16,17,19). The molecule has 0 bridgehead atoms. The highest BCUT2D eigenvalue weighted by molar-refractivity contribution is 5.89. The van der Waals surface area contributed by atoms with Crippen LogP contribution < -0.4 is 10.6 Å². The van der Waals surface area contributed by atoms with Crippen molar-refractivity contribution in [3.05, 3.63) is 42.2 Å². The van der Waals surface area contributed by atoms with E-state index in [1.54, 1.807) is 19.2 Å². The van der Waals surface area contributed by atoms with Crippen LogP contribution >= 0.6 is 0 Å². The fourth-order valence-electron chi connectivity index (χ4n) is 1.78. The number of rotatable bonds is 5. The molecule has 0 unspecified atom stereocenters. The molecular weight excluding hydrogens is 256 g/mol. The fraction of sp³-hybridized carbons (Fsp3) is 0.200. The Hall–Kier alpha value is -2.56. The van der Waals surface area contributed by atoms with Crippen LogP contribution in [0.1, 0.15) is 12.2 Å². The molecule has 0 atom stereocenters. The molecule has 2 aromatic rings. The molecular formula is C15H16N2O3. The third-order valence-corrected chi connectivity index (χ3v) is 2.82. The molecule has 0 spiro atoms. The van der Waals surface area contributed by atoms with E-state index in [1.807, 2.05) is 24.3 Å². The number of anilines is 1. The SMILES string of the molecule is CNC(=O)Nc1ccc(-c2ccc(CCC=O)o2)cc1. The lowest BCUT2D eigenvalue weighted by atomic mass is 10.1. The highest BCUT2D eigenvalue weighted by Gasteiger charge is 2.05. The van der Waals surface area contributed by atoms with E-state index < -0.39 is 0 Å². The lowest BCUT2D eigenvalue weighted by Gasteiger charge is -2.04. The number of aryl methyl sites for hydroxylation is 1. The lowest BCUT2D eigenvalue weighted by molar-refractivity contribution is -0.107. The summed E-state index contributed by atoms with van der Waals surface area (Å²) in [7, 11) is 1.56. The molecule has 0 fully saturated rings. The number of carbonyl (C=O) groups excluding carboxylic acids is 2. The van der Waals surface area contributed by atoms with Crippen molar-refractivity contribution in [1.29, 1.82) is 0 Å². The van der Waals surface area contributed by atoms with E-state index in [1.165, 1.54) is 0 Å². The zero-order valence-electron chi connectivity index (χ0n) is 11.2. The highest BCUT2D eigenvalue weighted by Crippen LogP contribution is 2.24. The average molecular weight is 272 g/mol. The van der Waals surface area contributed by atoms with Crippen LogP contribution in [0.2, 0.25) is 0 Å². The summed E-state index contributed by atoms with van der Waals surface area (Å²) in [5.41, 5.74) is 1.63. The molecule has 0 aliphatic heterocycles. The van der Waals surface area contributed by atoms with Gasteiger partial charge in [-0.25, -0.2) is 4.79 Å². The molecule has 5 nitrogen and oxygen atoms in total. The Balaban J connectivity index is 2.07. The number of aldehydes is 1. The quantitative estimate of drug-likeness (QED) is 0.822. The van der Waals surface area contributed by atoms with Crippen LogP contribution in [0, 0.1) is 0 Å². The Morgan fingerprint density at radius 1 is 1.20 bits per heavy atom. The Kier molecular flexibility index (Phi) is 4.55. The largest absolute Gasteiger partial charge is 0.461 e. The third-order valence-electron chi connectivity index (χ3n) is 2.82. The van der Waals surface area contributed by atoms with Crippen LogP contribution in [0.15, 0.2) is 40.8 Å². The van der Waals surface area contributed by atoms with Gasteiger partial charge in [0.05, 0.1) is 0 Å². The maximum Gasteiger partial charge on any atom is 0.318 e. The Bertz CT molecular complexity index is 587. The molecule has 0 aliphatic carbocycles. The number of carbonyl (C=O) groups is 2. The Labute approximate surface area is 117 Å². The first-order valence-corrected chi connectivity index (χ1v) is 6.34. The summed E-state index contributed by atoms with van der Waals surface area (Å²) in [5.74, 6) is 1.54. The van der Waals surface area contributed by atoms with Gasteiger partial charge in [-0.3, -0.25) is 0 Å². The van der Waals surface area contributed by atoms with Crippen molar-refractivity contribution in [2.45, 2.75) is 12.8 Å². The summed E-state index contributed by atoms with van der Waals surface area (Å²) >= 11 is 0. The van der Waals surface area contributed by atoms with Crippen LogP contribution in [0.25, 0.3) is 11.3 Å². The van der Waals surface area contributed by atoms with Crippen LogP contribution in [-0.4, -0.2) is 19.4 Å². The molecule has 1 aromatic carbocycles. The minimum atomic E-state index is -0.258. The van der Waals surface area contributed by atoms with E-state index in [0.717, 1.165) is 23.4 Å². The second kappa shape index (κ2) is 6.56. The van der Waals surface area contributed by atoms with Gasteiger partial charge in [0, 0.05) is 31.1 Å². The number of amides is 2. The summed E-state index contributed by atoms with van der Waals surface area (Å²) in [6.07, 6.45) is 1.95. The van der Waals surface area contributed by atoms with Crippen molar-refractivity contribution in [1.82, 2.24) is 5.32 Å². The fourth-order valence-corrected chi connectivity index (χ4v) is 1.78. The predicted octanol–water partition coefficient (Wildman–Crippen LogP) is 2.83. The first kappa shape index (κ1) is 13.9. The average Bonchev–Trinajstić information content (AvgIpc) is 2.94. The molecule has 2 amide bonds. The minimum absolute atomic E-state index is 0.258. The number of furan rings is 1. The third kappa shape index (κ3) is 3.47. The van der Waals surface area contributed by atoms with Gasteiger partial charge in [0.1, 0.15) is 17.8 Å². The summed E-state index contributed by atoms with van der Waals surface area (Å²) < 4.78 is 5.66. The van der Waals surface area contributed by atoms with Crippen molar-refractivity contribution in [2.75, 3.05) is 12.4 Å². The van der Waals surface area contributed by atoms with Gasteiger partial charge in [0.2, 0.25) is 0 Å². The Morgan fingerprint density at radius 3 is 2.60 bits per heavy atom. The summed E-state index contributed by atoms with van der Waals surface area (Å²) in [6, 6.07) is 10.8. The van der Waals surface area contributed by atoms with E-state index in [0.29, 0.717) is 18.5 Å². The normalized spacial score (nSPS) is 10.1. The molecule has 2 rings (SSSR count). The van der Waals surface area contributed by atoms with Gasteiger partial charge in [-0.2, -0.15) is 0 Å². The summed E-state index contributed by atoms with van der Waals surface area (Å²) in [6.45, 7) is 0. The van der Waals surface area contributed by atoms with Crippen molar-refractivity contribution in [2.24, 2.45) is 0 Å². The monoisotopic (exact) mass is 272 g/mol. The van der Waals surface area contributed by atoms with E-state index in [9.17, 15) is 9.59 Å². The topological polar surface area (TPSA) is 71.3 Å². The van der Waals surface area contributed by atoms with Crippen molar-refractivity contribution < 1.29 is 14.0 Å². The van der Waals surface area contributed by atoms with Gasteiger partial charge in [-0.05, 0) is 36.4 Å². The predicted molar refractivity (Wildman–Crippen MR) is 76.6 cm³/mol. The molecule has 0 aliphatic rings. The summed E-state index contributed by atoms with van der Waals surface area (Å²) in [5, 5.41) is 5.17. The van der Waals surface area contributed by atoms with Gasteiger partial charge >= 0.3 is 6.03 Å². The molecule has 5 heteroatoms. The zero-order chi connectivity index (χ0) is 14.4. The van der Waals surface area contributed by atoms with Crippen molar-refractivity contribution >= 4 is 18.0 Å². The number of hydrogen-bond donors (Lipinski definition) is 2. The van der Waals surface area contributed by atoms with Gasteiger partial charge < -0.3 is 19.8 Å². The molecule has 1 heterocycles. The van der Waals surface area contributed by atoms with E-state index >= 15 is 0 Å². The highest BCUT2D eigenvalue weighted by atomic mass is 16.3. The lowest BCUT2D eigenvalue weighted by Crippen LogP contribution is -2.24. The first-order chi connectivity index (χ1) is 9.72. The van der Waals surface area contributed by atoms with Crippen molar-refractivity contribution in [3.63, 3.8) is 0 Å². The molecule has 2 N–H and O–H groups in total. The Morgan fingerprint density at radius 2 is 1.95 bits per heavy atom. The van der Waals surface area contributed by atoms with Crippen LogP contribution in [0.3, 0.4) is 0 Å². The van der Waals surface area contributed by atoms with Gasteiger partial charge in [-0.1, -0.05) is 0 Å². The van der Waals surface area contributed by atoms with E-state index in [4.69, 9.17) is 4.42 Å². The zero-order valence-corrected chi connectivity index (χ0v) is 11.2. The second-order valence-corrected chi connectivity index (χ2v) is 4.25. The number of urea groups is 1. The van der Waals surface area contributed by atoms with Gasteiger partial charge in [0.15, 0.2) is 0 Å². The van der Waals surface area contributed by atoms with Gasteiger partial charge in [-0.15, -0.1) is 0 Å². The number of nitrogens with one attached hydrogen (secondary N) is 2. The molecule has 104 valence electrons. The molecule has 1 aromatic heterocycles. The first-order valence-electron chi connectivity index (χ1n) is 6.34.